The fourth-order valence-corrected chi connectivity index (χ4v) is 3.64. The molecule has 0 aliphatic carbocycles. The average Bonchev–Trinajstić information content (AvgIpc) is 3.53. The van der Waals surface area contributed by atoms with Crippen LogP contribution >= 0.6 is 0 Å². The largest absolute Gasteiger partial charge is 0.372 e. The summed E-state index contributed by atoms with van der Waals surface area (Å²) in [7, 11) is 2.13. The van der Waals surface area contributed by atoms with Crippen LogP contribution in [-0.2, 0) is 20.6 Å². The molecule has 0 N–H and O–H groups in total. The van der Waals surface area contributed by atoms with Gasteiger partial charge >= 0.3 is 0 Å². The van der Waals surface area contributed by atoms with Crippen molar-refractivity contribution in [1.82, 2.24) is 0 Å². The molecule has 0 amide bonds. The lowest BCUT2D eigenvalue weighted by Gasteiger charge is -2.23. The summed E-state index contributed by atoms with van der Waals surface area (Å²) in [5.41, 5.74) is 5.17. The number of ether oxygens (including phenoxy) is 3. The number of hydrogen-bond donors (Lipinski definition) is 0. The van der Waals surface area contributed by atoms with E-state index in [-0.39, 0.29) is 0 Å². The van der Waals surface area contributed by atoms with E-state index in [0.717, 1.165) is 45.9 Å². The molecule has 5 heteroatoms. The fourth-order valence-electron chi connectivity index (χ4n) is 3.64. The molecular weight excluding hydrogens is 352 g/mol. The molecule has 28 heavy (non-hydrogen) atoms. The van der Waals surface area contributed by atoms with Crippen molar-refractivity contribution in [2.24, 2.45) is 0 Å². The molecule has 2 aromatic carbocycles. The van der Waals surface area contributed by atoms with Crippen molar-refractivity contribution in [3.05, 3.63) is 59.7 Å². The van der Waals surface area contributed by atoms with Crippen LogP contribution in [0.5, 0.6) is 0 Å². The molecule has 3 atom stereocenters. The molecule has 3 saturated heterocycles. The quantitative estimate of drug-likeness (QED) is 0.593. The van der Waals surface area contributed by atoms with Crippen molar-refractivity contribution in [3.63, 3.8) is 0 Å². The van der Waals surface area contributed by atoms with E-state index in [1.165, 1.54) is 22.5 Å². The van der Waals surface area contributed by atoms with E-state index in [4.69, 9.17) is 14.2 Å². The molecule has 2 aromatic rings. The summed E-state index contributed by atoms with van der Waals surface area (Å²) in [6.45, 7) is 5.56. The van der Waals surface area contributed by atoms with Crippen molar-refractivity contribution >= 4 is 11.4 Å². The second-order valence-corrected chi connectivity index (χ2v) is 8.16. The van der Waals surface area contributed by atoms with Crippen LogP contribution in [0.3, 0.4) is 0 Å². The SMILES string of the molecule is CN(CC1CO1)c1ccc(Cc2ccc(N(CC3CO3)CC3CO3)cc2)cc1. The number of epoxide rings is 3. The lowest BCUT2D eigenvalue weighted by molar-refractivity contribution is 0.389. The molecule has 3 heterocycles. The standard InChI is InChI=1S/C23H28N2O3/c1-24(11-21-14-26-21)19-6-2-17(3-7-19)10-18-4-8-20(9-5-18)25(12-22-15-27-22)13-23-16-28-23/h2-9,21-23H,10-16H2,1H3. The van der Waals surface area contributed by atoms with E-state index >= 15 is 0 Å². The van der Waals surface area contributed by atoms with Crippen LogP contribution in [0.4, 0.5) is 11.4 Å². The molecule has 0 bridgehead atoms. The van der Waals surface area contributed by atoms with E-state index in [1.54, 1.807) is 0 Å². The molecular formula is C23H28N2O3. The summed E-state index contributed by atoms with van der Waals surface area (Å²) in [6, 6.07) is 17.8. The molecule has 148 valence electrons. The maximum atomic E-state index is 5.42. The van der Waals surface area contributed by atoms with Gasteiger partial charge in [-0.1, -0.05) is 24.3 Å². The first-order valence-electron chi connectivity index (χ1n) is 10.2. The van der Waals surface area contributed by atoms with Gasteiger partial charge in [0.05, 0.1) is 38.1 Å². The van der Waals surface area contributed by atoms with Gasteiger partial charge in [-0.25, -0.2) is 0 Å². The topological polar surface area (TPSA) is 44.1 Å². The van der Waals surface area contributed by atoms with Crippen LogP contribution < -0.4 is 9.80 Å². The van der Waals surface area contributed by atoms with Crippen molar-refractivity contribution in [2.75, 3.05) is 56.3 Å². The van der Waals surface area contributed by atoms with Crippen molar-refractivity contribution in [2.45, 2.75) is 24.7 Å². The molecule has 0 aromatic heterocycles. The second-order valence-electron chi connectivity index (χ2n) is 8.16. The van der Waals surface area contributed by atoms with Crippen LogP contribution in [0.2, 0.25) is 0 Å². The Balaban J connectivity index is 1.20. The fraction of sp³-hybridized carbons (Fsp3) is 0.478. The van der Waals surface area contributed by atoms with Crippen LogP contribution in [0.15, 0.2) is 48.5 Å². The number of rotatable bonds is 10. The van der Waals surface area contributed by atoms with Gasteiger partial charge in [0, 0.05) is 38.1 Å². The normalized spacial score (nSPS) is 24.7. The molecule has 3 aliphatic heterocycles. The lowest BCUT2D eigenvalue weighted by atomic mass is 10.0. The minimum atomic E-state index is 0.390. The Bertz CT molecular complexity index is 766. The summed E-state index contributed by atoms with van der Waals surface area (Å²) in [6.07, 6.45) is 2.15. The summed E-state index contributed by atoms with van der Waals surface area (Å²) in [5, 5.41) is 0. The Morgan fingerprint density at radius 3 is 1.57 bits per heavy atom. The Morgan fingerprint density at radius 2 is 1.11 bits per heavy atom. The molecule has 5 nitrogen and oxygen atoms in total. The highest BCUT2D eigenvalue weighted by atomic mass is 16.6. The van der Waals surface area contributed by atoms with Crippen LogP contribution in [-0.4, -0.2) is 64.8 Å². The average molecular weight is 380 g/mol. The van der Waals surface area contributed by atoms with Gasteiger partial charge in [0.15, 0.2) is 0 Å². The van der Waals surface area contributed by atoms with Gasteiger partial charge in [0.25, 0.3) is 0 Å². The zero-order chi connectivity index (χ0) is 18.9. The van der Waals surface area contributed by atoms with E-state index in [0.29, 0.717) is 18.3 Å². The Labute approximate surface area is 166 Å². The molecule has 5 rings (SSSR count). The van der Waals surface area contributed by atoms with E-state index < -0.39 is 0 Å². The first-order chi connectivity index (χ1) is 13.7. The van der Waals surface area contributed by atoms with Gasteiger partial charge in [-0.05, 0) is 41.8 Å². The molecule has 3 unspecified atom stereocenters. The zero-order valence-corrected chi connectivity index (χ0v) is 16.4. The molecule has 3 fully saturated rings. The van der Waals surface area contributed by atoms with Crippen LogP contribution in [0.1, 0.15) is 11.1 Å². The highest BCUT2D eigenvalue weighted by molar-refractivity contribution is 5.50. The third-order valence-electron chi connectivity index (χ3n) is 5.62. The van der Waals surface area contributed by atoms with E-state index in [9.17, 15) is 0 Å². The molecule has 3 aliphatic rings. The number of likely N-dealkylation sites (N-methyl/N-ethyl adjacent to an activating group) is 1. The summed E-state index contributed by atoms with van der Waals surface area (Å²) in [4.78, 5) is 4.66. The first kappa shape index (κ1) is 18.0. The van der Waals surface area contributed by atoms with Crippen molar-refractivity contribution in [1.29, 1.82) is 0 Å². The highest BCUT2D eigenvalue weighted by Crippen LogP contribution is 2.24. The van der Waals surface area contributed by atoms with Gasteiger partial charge in [0.2, 0.25) is 0 Å². The smallest absolute Gasteiger partial charge is 0.0984 e. The molecule has 0 radical (unpaired) electrons. The number of anilines is 2. The number of benzene rings is 2. The van der Waals surface area contributed by atoms with E-state index in [1.807, 2.05) is 0 Å². The van der Waals surface area contributed by atoms with Crippen LogP contribution in [0.25, 0.3) is 0 Å². The second kappa shape index (κ2) is 7.74. The zero-order valence-electron chi connectivity index (χ0n) is 16.4. The van der Waals surface area contributed by atoms with Crippen molar-refractivity contribution in [3.8, 4) is 0 Å². The maximum Gasteiger partial charge on any atom is 0.0984 e. The lowest BCUT2D eigenvalue weighted by Crippen LogP contribution is -2.31. The van der Waals surface area contributed by atoms with Gasteiger partial charge < -0.3 is 24.0 Å². The van der Waals surface area contributed by atoms with Gasteiger partial charge in [-0.15, -0.1) is 0 Å². The Hall–Kier alpha value is -2.08. The number of hydrogen-bond acceptors (Lipinski definition) is 5. The van der Waals surface area contributed by atoms with Crippen LogP contribution in [0, 0.1) is 0 Å². The summed E-state index contributed by atoms with van der Waals surface area (Å²) >= 11 is 0. The number of nitrogens with zero attached hydrogens (tertiary/aromatic N) is 2. The molecule has 0 saturated carbocycles. The molecule has 0 spiro atoms. The van der Waals surface area contributed by atoms with Gasteiger partial charge in [-0.3, -0.25) is 0 Å². The monoisotopic (exact) mass is 380 g/mol. The van der Waals surface area contributed by atoms with E-state index in [2.05, 4.69) is 65.4 Å². The third kappa shape index (κ3) is 4.85. The van der Waals surface area contributed by atoms with Crippen molar-refractivity contribution < 1.29 is 14.2 Å². The third-order valence-corrected chi connectivity index (χ3v) is 5.62. The Morgan fingerprint density at radius 1 is 0.679 bits per heavy atom. The maximum absolute atomic E-state index is 5.42. The minimum Gasteiger partial charge on any atom is -0.372 e. The minimum absolute atomic E-state index is 0.390. The van der Waals surface area contributed by atoms with Gasteiger partial charge in [-0.2, -0.15) is 0 Å². The first-order valence-corrected chi connectivity index (χ1v) is 10.2. The van der Waals surface area contributed by atoms with Gasteiger partial charge in [0.1, 0.15) is 0 Å². The summed E-state index contributed by atoms with van der Waals surface area (Å²) < 4.78 is 16.2. The highest BCUT2D eigenvalue weighted by Gasteiger charge is 2.30. The predicted molar refractivity (Wildman–Crippen MR) is 110 cm³/mol. The summed E-state index contributed by atoms with van der Waals surface area (Å²) in [5.74, 6) is 0. The predicted octanol–water partition coefficient (Wildman–Crippen LogP) is 2.72. The Kier molecular flexibility index (Phi) is 4.97.